The second-order valence-corrected chi connectivity index (χ2v) is 5.05. The van der Waals surface area contributed by atoms with Crippen LogP contribution in [0.15, 0.2) is 35.1 Å². The number of hydrogen-bond donors (Lipinski definition) is 1. The Morgan fingerprint density at radius 1 is 1.25 bits per heavy atom. The van der Waals surface area contributed by atoms with E-state index in [9.17, 15) is 9.59 Å². The average molecular weight is 312 g/mol. The number of aromatic nitrogens is 2. The quantitative estimate of drug-likeness (QED) is 0.947. The fourth-order valence-electron chi connectivity index (χ4n) is 1.63. The molecule has 1 aromatic heterocycles. The van der Waals surface area contributed by atoms with Gasteiger partial charge in [0.1, 0.15) is 6.54 Å². The maximum absolute atomic E-state index is 11.9. The van der Waals surface area contributed by atoms with Crippen LogP contribution >= 0.6 is 23.2 Å². The Kier molecular flexibility index (Phi) is 4.42. The molecule has 7 heteroatoms. The van der Waals surface area contributed by atoms with Crippen LogP contribution in [0.5, 0.6) is 0 Å². The van der Waals surface area contributed by atoms with Crippen molar-refractivity contribution >= 4 is 34.8 Å². The van der Waals surface area contributed by atoms with Crippen LogP contribution in [0, 0.1) is 6.92 Å². The normalized spacial score (nSPS) is 10.3. The Morgan fingerprint density at radius 3 is 2.55 bits per heavy atom. The third-order valence-electron chi connectivity index (χ3n) is 2.44. The van der Waals surface area contributed by atoms with E-state index in [1.54, 1.807) is 31.2 Å². The third-order valence-corrected chi connectivity index (χ3v) is 2.88. The van der Waals surface area contributed by atoms with Gasteiger partial charge in [-0.3, -0.25) is 9.59 Å². The summed E-state index contributed by atoms with van der Waals surface area (Å²) >= 11 is 11.7. The molecule has 0 bridgehead atoms. The number of anilines is 1. The van der Waals surface area contributed by atoms with Gasteiger partial charge in [-0.15, -0.1) is 0 Å². The summed E-state index contributed by atoms with van der Waals surface area (Å²) in [7, 11) is 0. The van der Waals surface area contributed by atoms with E-state index < -0.39 is 0 Å². The van der Waals surface area contributed by atoms with Gasteiger partial charge in [-0.1, -0.05) is 23.2 Å². The summed E-state index contributed by atoms with van der Waals surface area (Å²) in [6, 6.07) is 7.65. The standard InChI is InChI=1S/C13H11Cl2N3O2/c1-8-2-3-13(20)18(17-8)7-12(19)16-11-5-9(14)4-10(15)6-11/h2-6H,7H2,1H3,(H,16,19). The summed E-state index contributed by atoms with van der Waals surface area (Å²) in [6.45, 7) is 1.56. The van der Waals surface area contributed by atoms with Gasteiger partial charge in [0.2, 0.25) is 5.91 Å². The minimum absolute atomic E-state index is 0.176. The lowest BCUT2D eigenvalue weighted by atomic mass is 10.3. The molecule has 1 amide bonds. The summed E-state index contributed by atoms with van der Waals surface area (Å²) in [5.74, 6) is -0.386. The highest BCUT2D eigenvalue weighted by Gasteiger charge is 2.07. The van der Waals surface area contributed by atoms with Crippen LogP contribution in [-0.4, -0.2) is 15.7 Å². The Labute approximate surface area is 125 Å². The van der Waals surface area contributed by atoms with Crippen LogP contribution in [0.25, 0.3) is 0 Å². The summed E-state index contributed by atoms with van der Waals surface area (Å²) in [4.78, 5) is 23.4. The highest BCUT2D eigenvalue weighted by molar-refractivity contribution is 6.35. The van der Waals surface area contributed by atoms with Crippen LogP contribution in [0.3, 0.4) is 0 Å². The first kappa shape index (κ1) is 14.6. The molecule has 20 heavy (non-hydrogen) atoms. The summed E-state index contributed by atoms with van der Waals surface area (Å²) in [6.07, 6.45) is 0. The first-order valence-corrected chi connectivity index (χ1v) is 6.50. The van der Waals surface area contributed by atoms with E-state index in [1.165, 1.54) is 6.07 Å². The number of hydrogen-bond acceptors (Lipinski definition) is 3. The maximum atomic E-state index is 11.9. The lowest BCUT2D eigenvalue weighted by molar-refractivity contribution is -0.117. The van der Waals surface area contributed by atoms with Gasteiger partial charge in [-0.2, -0.15) is 5.10 Å². The molecule has 0 aliphatic heterocycles. The first-order chi connectivity index (χ1) is 9.44. The molecule has 1 aromatic carbocycles. The van der Waals surface area contributed by atoms with Crippen molar-refractivity contribution in [3.05, 3.63) is 56.4 Å². The molecule has 1 N–H and O–H groups in total. The van der Waals surface area contributed by atoms with E-state index >= 15 is 0 Å². The number of benzene rings is 1. The largest absolute Gasteiger partial charge is 0.324 e. The SMILES string of the molecule is Cc1ccc(=O)n(CC(=O)Nc2cc(Cl)cc(Cl)c2)n1. The molecule has 0 spiro atoms. The Balaban J connectivity index is 2.13. The highest BCUT2D eigenvalue weighted by atomic mass is 35.5. The van der Waals surface area contributed by atoms with Gasteiger partial charge in [0.05, 0.1) is 5.69 Å². The van der Waals surface area contributed by atoms with Crippen molar-refractivity contribution in [1.82, 2.24) is 9.78 Å². The van der Waals surface area contributed by atoms with Crippen molar-refractivity contribution in [3.63, 3.8) is 0 Å². The minimum Gasteiger partial charge on any atom is -0.324 e. The zero-order chi connectivity index (χ0) is 14.7. The van der Waals surface area contributed by atoms with Crippen LogP contribution in [0.4, 0.5) is 5.69 Å². The van der Waals surface area contributed by atoms with E-state index in [2.05, 4.69) is 10.4 Å². The van der Waals surface area contributed by atoms with Crippen molar-refractivity contribution < 1.29 is 4.79 Å². The molecule has 2 aromatic rings. The Morgan fingerprint density at radius 2 is 1.90 bits per heavy atom. The van der Waals surface area contributed by atoms with E-state index in [4.69, 9.17) is 23.2 Å². The summed E-state index contributed by atoms with van der Waals surface area (Å²) in [5, 5.41) is 7.42. The van der Waals surface area contributed by atoms with Crippen molar-refractivity contribution in [2.45, 2.75) is 13.5 Å². The molecule has 1 heterocycles. The molecular weight excluding hydrogens is 301 g/mol. The first-order valence-electron chi connectivity index (χ1n) is 5.75. The van der Waals surface area contributed by atoms with Gasteiger partial charge in [0.15, 0.2) is 0 Å². The second-order valence-electron chi connectivity index (χ2n) is 4.18. The number of carbonyl (C=O) groups excluding carboxylic acids is 1. The second kappa shape index (κ2) is 6.07. The molecule has 0 fully saturated rings. The van der Waals surface area contributed by atoms with Gasteiger partial charge in [0, 0.05) is 21.8 Å². The lowest BCUT2D eigenvalue weighted by Crippen LogP contribution is -2.29. The number of halogens is 2. The van der Waals surface area contributed by atoms with E-state index in [1.807, 2.05) is 0 Å². The van der Waals surface area contributed by atoms with Crippen LogP contribution in [0.2, 0.25) is 10.0 Å². The van der Waals surface area contributed by atoms with Crippen molar-refractivity contribution in [3.8, 4) is 0 Å². The molecule has 0 aliphatic rings. The van der Waals surface area contributed by atoms with Crippen molar-refractivity contribution in [2.24, 2.45) is 0 Å². The van der Waals surface area contributed by atoms with E-state index in [0.717, 1.165) is 4.68 Å². The predicted octanol–water partition coefficient (Wildman–Crippen LogP) is 2.50. The zero-order valence-electron chi connectivity index (χ0n) is 10.6. The van der Waals surface area contributed by atoms with Gasteiger partial charge in [-0.05, 0) is 31.2 Å². The van der Waals surface area contributed by atoms with E-state index in [0.29, 0.717) is 21.4 Å². The molecular formula is C13H11Cl2N3O2. The van der Waals surface area contributed by atoms with Gasteiger partial charge in [-0.25, -0.2) is 4.68 Å². The van der Waals surface area contributed by atoms with Crippen molar-refractivity contribution in [1.29, 1.82) is 0 Å². The Bertz CT molecular complexity index is 693. The lowest BCUT2D eigenvalue weighted by Gasteiger charge is -2.07. The predicted molar refractivity (Wildman–Crippen MR) is 78.3 cm³/mol. The molecule has 5 nitrogen and oxygen atoms in total. The minimum atomic E-state index is -0.386. The van der Waals surface area contributed by atoms with Crippen LogP contribution < -0.4 is 10.9 Å². The fourth-order valence-corrected chi connectivity index (χ4v) is 2.15. The molecule has 0 atom stereocenters. The number of rotatable bonds is 3. The third kappa shape index (κ3) is 3.82. The van der Waals surface area contributed by atoms with E-state index in [-0.39, 0.29) is 18.0 Å². The number of nitrogens with zero attached hydrogens (tertiary/aromatic N) is 2. The molecule has 0 aliphatic carbocycles. The fraction of sp³-hybridized carbons (Fsp3) is 0.154. The van der Waals surface area contributed by atoms with Gasteiger partial charge in [0.25, 0.3) is 5.56 Å². The maximum Gasteiger partial charge on any atom is 0.267 e. The number of nitrogens with one attached hydrogen (secondary N) is 1. The summed E-state index contributed by atoms with van der Waals surface area (Å²) in [5.41, 5.74) is 0.784. The van der Waals surface area contributed by atoms with Crippen LogP contribution in [-0.2, 0) is 11.3 Å². The van der Waals surface area contributed by atoms with Gasteiger partial charge >= 0.3 is 0 Å². The van der Waals surface area contributed by atoms with Crippen molar-refractivity contribution in [2.75, 3.05) is 5.32 Å². The molecule has 0 saturated heterocycles. The smallest absolute Gasteiger partial charge is 0.267 e. The monoisotopic (exact) mass is 311 g/mol. The van der Waals surface area contributed by atoms with Crippen LogP contribution in [0.1, 0.15) is 5.69 Å². The number of aryl methyl sites for hydroxylation is 1. The average Bonchev–Trinajstić information content (AvgIpc) is 2.32. The molecule has 0 unspecified atom stereocenters. The molecule has 0 saturated carbocycles. The highest BCUT2D eigenvalue weighted by Crippen LogP contribution is 2.22. The Hall–Kier alpha value is -1.85. The number of amides is 1. The summed E-state index contributed by atoms with van der Waals surface area (Å²) < 4.78 is 1.09. The molecule has 2 rings (SSSR count). The topological polar surface area (TPSA) is 64.0 Å². The molecule has 104 valence electrons. The number of carbonyl (C=O) groups is 1. The zero-order valence-corrected chi connectivity index (χ0v) is 12.1. The molecule has 0 radical (unpaired) electrons. The van der Waals surface area contributed by atoms with Gasteiger partial charge < -0.3 is 5.32 Å².